The van der Waals surface area contributed by atoms with Crippen molar-refractivity contribution in [2.75, 3.05) is 39.3 Å². The van der Waals surface area contributed by atoms with Crippen LogP contribution in [0.1, 0.15) is 51.2 Å². The molecule has 3 nitrogen and oxygen atoms in total. The lowest BCUT2D eigenvalue weighted by molar-refractivity contribution is 0.238. The Morgan fingerprint density at radius 3 is 2.52 bits per heavy atom. The van der Waals surface area contributed by atoms with Crippen LogP contribution in [-0.2, 0) is 6.42 Å². The third kappa shape index (κ3) is 6.15. The summed E-state index contributed by atoms with van der Waals surface area (Å²) in [6.45, 7) is 15.6. The van der Waals surface area contributed by atoms with E-state index >= 15 is 0 Å². The average Bonchev–Trinajstić information content (AvgIpc) is 2.54. The number of hydrogen-bond acceptors (Lipinski definition) is 3. The van der Waals surface area contributed by atoms with Gasteiger partial charge in [0.05, 0.1) is 6.61 Å². The van der Waals surface area contributed by atoms with Crippen LogP contribution in [0.5, 0.6) is 5.75 Å². The first-order chi connectivity index (χ1) is 11.1. The van der Waals surface area contributed by atoms with Crippen LogP contribution in [0.2, 0.25) is 0 Å². The molecule has 0 spiro atoms. The van der Waals surface area contributed by atoms with E-state index < -0.39 is 0 Å². The molecule has 1 aromatic carbocycles. The molecule has 1 N–H and O–H groups in total. The van der Waals surface area contributed by atoms with Gasteiger partial charge >= 0.3 is 0 Å². The molecule has 0 aromatic heterocycles. The molecule has 3 heteroatoms. The molecule has 0 saturated carbocycles. The van der Waals surface area contributed by atoms with Gasteiger partial charge in [0, 0.05) is 26.2 Å². The SMILES string of the molecule is CC(C)COc1ccc(CCCN2CCNCC2)cc1C(C)C. The number of nitrogens with one attached hydrogen (secondary N) is 1. The number of hydrogen-bond donors (Lipinski definition) is 1. The van der Waals surface area contributed by atoms with Crippen molar-refractivity contribution in [3.63, 3.8) is 0 Å². The quantitative estimate of drug-likeness (QED) is 0.791. The minimum Gasteiger partial charge on any atom is -0.493 e. The van der Waals surface area contributed by atoms with E-state index in [1.54, 1.807) is 0 Å². The second-order valence-corrected chi connectivity index (χ2v) is 7.43. The Morgan fingerprint density at radius 2 is 1.87 bits per heavy atom. The van der Waals surface area contributed by atoms with Crippen molar-refractivity contribution < 1.29 is 4.74 Å². The average molecular weight is 319 g/mol. The zero-order valence-corrected chi connectivity index (χ0v) is 15.4. The molecule has 1 aliphatic heterocycles. The lowest BCUT2D eigenvalue weighted by atomic mass is 9.97. The van der Waals surface area contributed by atoms with Crippen molar-refractivity contribution in [2.45, 2.75) is 46.5 Å². The number of aryl methyl sites for hydroxylation is 1. The first-order valence-corrected chi connectivity index (χ1v) is 9.25. The van der Waals surface area contributed by atoms with Gasteiger partial charge in [-0.3, -0.25) is 0 Å². The first-order valence-electron chi connectivity index (χ1n) is 9.25. The highest BCUT2D eigenvalue weighted by atomic mass is 16.5. The Hall–Kier alpha value is -1.06. The normalized spacial score (nSPS) is 16.3. The highest BCUT2D eigenvalue weighted by Crippen LogP contribution is 2.28. The van der Waals surface area contributed by atoms with Crippen molar-refractivity contribution >= 4 is 0 Å². The molecule has 0 bridgehead atoms. The summed E-state index contributed by atoms with van der Waals surface area (Å²) in [4.78, 5) is 2.57. The lowest BCUT2D eigenvalue weighted by Crippen LogP contribution is -2.43. The maximum atomic E-state index is 6.00. The summed E-state index contributed by atoms with van der Waals surface area (Å²) in [5.74, 6) is 2.14. The number of rotatable bonds is 8. The Kier molecular flexibility index (Phi) is 7.38. The van der Waals surface area contributed by atoms with E-state index in [2.05, 4.69) is 56.1 Å². The topological polar surface area (TPSA) is 24.5 Å². The summed E-state index contributed by atoms with van der Waals surface area (Å²) in [5.41, 5.74) is 2.80. The van der Waals surface area contributed by atoms with Crippen LogP contribution >= 0.6 is 0 Å². The van der Waals surface area contributed by atoms with Crippen molar-refractivity contribution in [1.29, 1.82) is 0 Å². The number of nitrogens with zero attached hydrogens (tertiary/aromatic N) is 1. The molecule has 1 saturated heterocycles. The molecule has 130 valence electrons. The fraction of sp³-hybridized carbons (Fsp3) is 0.700. The van der Waals surface area contributed by atoms with E-state index in [1.165, 1.54) is 37.2 Å². The molecule has 0 radical (unpaired) electrons. The Labute approximate surface area is 142 Å². The summed E-state index contributed by atoms with van der Waals surface area (Å²) < 4.78 is 6.00. The fourth-order valence-corrected chi connectivity index (χ4v) is 3.03. The van der Waals surface area contributed by atoms with Gasteiger partial charge in [0.1, 0.15) is 5.75 Å². The zero-order valence-electron chi connectivity index (χ0n) is 15.4. The maximum Gasteiger partial charge on any atom is 0.122 e. The van der Waals surface area contributed by atoms with Crippen LogP contribution in [0.25, 0.3) is 0 Å². The molecule has 0 amide bonds. The smallest absolute Gasteiger partial charge is 0.122 e. The van der Waals surface area contributed by atoms with Gasteiger partial charge < -0.3 is 15.0 Å². The molecule has 1 aliphatic rings. The van der Waals surface area contributed by atoms with Crippen LogP contribution < -0.4 is 10.1 Å². The van der Waals surface area contributed by atoms with E-state index in [9.17, 15) is 0 Å². The summed E-state index contributed by atoms with van der Waals surface area (Å²) in [6, 6.07) is 6.79. The first kappa shape index (κ1) is 18.3. The monoisotopic (exact) mass is 318 g/mol. The number of piperazine rings is 1. The maximum absolute atomic E-state index is 6.00. The summed E-state index contributed by atoms with van der Waals surface area (Å²) in [6.07, 6.45) is 2.40. The minimum atomic E-state index is 0.505. The Morgan fingerprint density at radius 1 is 1.13 bits per heavy atom. The predicted octanol–water partition coefficient (Wildman–Crippen LogP) is 3.68. The van der Waals surface area contributed by atoms with E-state index in [1.807, 2.05) is 0 Å². The van der Waals surface area contributed by atoms with E-state index in [-0.39, 0.29) is 0 Å². The van der Waals surface area contributed by atoms with Crippen molar-refractivity contribution in [3.8, 4) is 5.75 Å². The largest absolute Gasteiger partial charge is 0.493 e. The molecule has 23 heavy (non-hydrogen) atoms. The van der Waals surface area contributed by atoms with Crippen molar-refractivity contribution in [2.24, 2.45) is 5.92 Å². The molecule has 1 fully saturated rings. The number of benzene rings is 1. The highest BCUT2D eigenvalue weighted by Gasteiger charge is 2.11. The predicted molar refractivity (Wildman–Crippen MR) is 98.5 cm³/mol. The highest BCUT2D eigenvalue weighted by molar-refractivity contribution is 5.39. The lowest BCUT2D eigenvalue weighted by Gasteiger charge is -2.27. The van der Waals surface area contributed by atoms with Gasteiger partial charge in [-0.1, -0.05) is 39.8 Å². The van der Waals surface area contributed by atoms with Crippen LogP contribution in [0, 0.1) is 5.92 Å². The zero-order chi connectivity index (χ0) is 16.7. The van der Waals surface area contributed by atoms with Gasteiger partial charge in [-0.25, -0.2) is 0 Å². The third-order valence-corrected chi connectivity index (χ3v) is 4.42. The van der Waals surface area contributed by atoms with Gasteiger partial charge in [0.15, 0.2) is 0 Å². The fourth-order valence-electron chi connectivity index (χ4n) is 3.03. The van der Waals surface area contributed by atoms with E-state index in [0.717, 1.165) is 31.9 Å². The van der Waals surface area contributed by atoms with Gasteiger partial charge in [0.2, 0.25) is 0 Å². The standard InChI is InChI=1S/C20H34N2O/c1-16(2)15-23-20-8-7-18(14-19(20)17(3)4)6-5-11-22-12-9-21-10-13-22/h7-8,14,16-17,21H,5-6,9-13,15H2,1-4H3. The van der Waals surface area contributed by atoms with E-state index in [4.69, 9.17) is 4.74 Å². The van der Waals surface area contributed by atoms with Gasteiger partial charge in [-0.15, -0.1) is 0 Å². The minimum absolute atomic E-state index is 0.505. The van der Waals surface area contributed by atoms with Crippen molar-refractivity contribution in [3.05, 3.63) is 29.3 Å². The molecular weight excluding hydrogens is 284 g/mol. The Bertz CT molecular complexity index is 465. The second-order valence-electron chi connectivity index (χ2n) is 7.43. The second kappa shape index (κ2) is 9.29. The van der Waals surface area contributed by atoms with Gasteiger partial charge in [0.25, 0.3) is 0 Å². The van der Waals surface area contributed by atoms with Crippen LogP contribution in [-0.4, -0.2) is 44.2 Å². The van der Waals surface area contributed by atoms with Gasteiger partial charge in [-0.05, 0) is 48.4 Å². The molecule has 2 rings (SSSR count). The van der Waals surface area contributed by atoms with Crippen molar-refractivity contribution in [1.82, 2.24) is 10.2 Å². The van der Waals surface area contributed by atoms with Crippen LogP contribution in [0.3, 0.4) is 0 Å². The molecular formula is C20H34N2O. The molecule has 0 aliphatic carbocycles. The molecule has 1 aromatic rings. The molecule has 0 atom stereocenters. The summed E-state index contributed by atoms with van der Waals surface area (Å²) in [7, 11) is 0. The third-order valence-electron chi connectivity index (χ3n) is 4.42. The number of ether oxygens (including phenoxy) is 1. The van der Waals surface area contributed by atoms with Crippen LogP contribution in [0.4, 0.5) is 0 Å². The van der Waals surface area contributed by atoms with E-state index in [0.29, 0.717) is 11.8 Å². The molecule has 1 heterocycles. The van der Waals surface area contributed by atoms with Gasteiger partial charge in [-0.2, -0.15) is 0 Å². The van der Waals surface area contributed by atoms with Crippen LogP contribution in [0.15, 0.2) is 18.2 Å². The summed E-state index contributed by atoms with van der Waals surface area (Å²) >= 11 is 0. The Balaban J connectivity index is 1.89. The summed E-state index contributed by atoms with van der Waals surface area (Å²) in [5, 5.41) is 3.41. The molecule has 0 unspecified atom stereocenters.